The zero-order chi connectivity index (χ0) is 41.2. The van der Waals surface area contributed by atoms with E-state index < -0.39 is 10.5 Å². The summed E-state index contributed by atoms with van der Waals surface area (Å²) in [6, 6.07) is 73.9. The molecule has 294 valence electrons. The van der Waals surface area contributed by atoms with Gasteiger partial charge in [0.2, 0.25) is 0 Å². The predicted octanol–water partition coefficient (Wildman–Crippen LogP) is 16.4. The number of aryl methyl sites for hydroxylation is 3. The summed E-state index contributed by atoms with van der Waals surface area (Å²) in [5.41, 5.74) is 10.8. The zero-order valence-corrected chi connectivity index (χ0v) is 35.7. The third-order valence-electron chi connectivity index (χ3n) is 11.5. The Bertz CT molecular complexity index is 3140. The lowest BCUT2D eigenvalue weighted by molar-refractivity contribution is 0.627. The van der Waals surface area contributed by atoms with Crippen molar-refractivity contribution < 1.29 is 4.18 Å². The highest BCUT2D eigenvalue weighted by Crippen LogP contribution is 2.58. The highest BCUT2D eigenvalue weighted by Gasteiger charge is 2.31. The molecule has 0 N–H and O–H groups in total. The van der Waals surface area contributed by atoms with Crippen LogP contribution in [0.5, 0.6) is 5.75 Å². The van der Waals surface area contributed by atoms with E-state index in [-0.39, 0.29) is 0 Å². The first-order valence-electron chi connectivity index (χ1n) is 20.6. The van der Waals surface area contributed by atoms with Crippen molar-refractivity contribution in [3.63, 3.8) is 0 Å². The highest BCUT2D eigenvalue weighted by molar-refractivity contribution is 8.30. The molecule has 0 fully saturated rings. The molecule has 0 radical (unpaired) electrons. The average Bonchev–Trinajstić information content (AvgIpc) is 3.27. The van der Waals surface area contributed by atoms with Crippen molar-refractivity contribution in [3.8, 4) is 28.0 Å². The summed E-state index contributed by atoms with van der Waals surface area (Å²) in [7, 11) is -2.08. The van der Waals surface area contributed by atoms with Crippen molar-refractivity contribution in [1.29, 1.82) is 0 Å². The lowest BCUT2D eigenvalue weighted by Gasteiger charge is -2.45. The monoisotopic (exact) mass is 795 g/mol. The zero-order valence-electron chi connectivity index (χ0n) is 34.9. The van der Waals surface area contributed by atoms with Crippen LogP contribution in [0.3, 0.4) is 0 Å². The molecule has 10 rings (SSSR count). The first kappa shape index (κ1) is 38.7. The number of anilines is 2. The van der Waals surface area contributed by atoms with E-state index in [2.05, 4.69) is 226 Å². The van der Waals surface area contributed by atoms with E-state index in [1.54, 1.807) is 0 Å². The molecule has 10 aromatic rings. The van der Waals surface area contributed by atoms with Crippen LogP contribution in [0.15, 0.2) is 206 Å². The van der Waals surface area contributed by atoms with Gasteiger partial charge in [0, 0.05) is 23.6 Å². The van der Waals surface area contributed by atoms with Crippen LogP contribution in [0.1, 0.15) is 16.7 Å². The first-order valence-corrected chi connectivity index (χ1v) is 22.9. The quantitative estimate of drug-likeness (QED) is 0.159. The second kappa shape index (κ2) is 16.4. The van der Waals surface area contributed by atoms with Crippen molar-refractivity contribution in [3.05, 3.63) is 223 Å². The molecule has 0 bridgehead atoms. The van der Waals surface area contributed by atoms with Gasteiger partial charge in [0.25, 0.3) is 0 Å². The first-order chi connectivity index (χ1) is 29.3. The lowest BCUT2D eigenvalue weighted by Crippen LogP contribution is -2.26. The maximum atomic E-state index is 7.60. The van der Waals surface area contributed by atoms with Gasteiger partial charge in [-0.2, -0.15) is 0 Å². The van der Waals surface area contributed by atoms with Gasteiger partial charge in [-0.05, 0) is 121 Å². The topological polar surface area (TPSA) is 12.5 Å². The van der Waals surface area contributed by atoms with Gasteiger partial charge in [0.1, 0.15) is 5.75 Å². The standard InChI is InChI=1S/C50H41NOS.C7H8/c1-34-26-28-36-16-8-12-22-41(36)47(34)49-43-24-14-10-18-38(43)30-32-45(49)51(40-20-6-5-7-21-40)53(3,4)52-46-33-31-39-19-11-15-25-44(39)50(46)48-35(2)27-29-37-17-9-13-23-42(37)48;1-7-5-3-2-4-6-7/h5-33H,1-4H3;2-6H,1H3. The predicted molar refractivity (Wildman–Crippen MR) is 263 cm³/mol. The summed E-state index contributed by atoms with van der Waals surface area (Å²) in [5, 5.41) is 9.73. The van der Waals surface area contributed by atoms with Crippen molar-refractivity contribution in [2.75, 3.05) is 16.8 Å². The molecule has 0 aliphatic heterocycles. The second-order valence-corrected chi connectivity index (χ2v) is 18.7. The van der Waals surface area contributed by atoms with Crippen molar-refractivity contribution in [1.82, 2.24) is 0 Å². The second-order valence-electron chi connectivity index (χ2n) is 15.8. The molecule has 0 unspecified atom stereocenters. The summed E-state index contributed by atoms with van der Waals surface area (Å²) < 4.78 is 10.1. The van der Waals surface area contributed by atoms with E-state index in [1.165, 1.54) is 76.5 Å². The van der Waals surface area contributed by atoms with Gasteiger partial charge >= 0.3 is 0 Å². The normalized spacial score (nSPS) is 11.7. The Morgan fingerprint density at radius 1 is 0.350 bits per heavy atom. The molecule has 0 heterocycles. The summed E-state index contributed by atoms with van der Waals surface area (Å²) in [6.45, 7) is 6.54. The third kappa shape index (κ3) is 7.38. The largest absolute Gasteiger partial charge is 0.430 e. The Labute approximate surface area is 356 Å². The summed E-state index contributed by atoms with van der Waals surface area (Å²) >= 11 is 0. The number of rotatable bonds is 7. The average molecular weight is 796 g/mol. The molecule has 0 aliphatic rings. The molecule has 0 saturated heterocycles. The molecule has 0 aliphatic carbocycles. The number of hydrogen-bond acceptors (Lipinski definition) is 2. The number of para-hydroxylation sites is 1. The van der Waals surface area contributed by atoms with Crippen LogP contribution in [0.2, 0.25) is 0 Å². The van der Waals surface area contributed by atoms with Crippen LogP contribution in [0.25, 0.3) is 65.3 Å². The number of hydrogen-bond donors (Lipinski definition) is 0. The minimum Gasteiger partial charge on any atom is -0.430 e. The molecule has 0 amide bonds. The van der Waals surface area contributed by atoms with Gasteiger partial charge in [0.15, 0.2) is 0 Å². The molecule has 0 saturated carbocycles. The van der Waals surface area contributed by atoms with E-state index >= 15 is 0 Å². The SMILES string of the molecule is Cc1ccc2ccccc2c1-c1c(OS(C)(C)N(c2ccccc2)c2ccc3ccccc3c2-c2c(C)ccc3ccccc23)ccc2ccccc12.Cc1ccccc1. The summed E-state index contributed by atoms with van der Waals surface area (Å²) in [4.78, 5) is 0. The maximum absolute atomic E-state index is 7.60. The van der Waals surface area contributed by atoms with E-state index in [4.69, 9.17) is 4.18 Å². The van der Waals surface area contributed by atoms with Gasteiger partial charge in [-0.3, -0.25) is 4.31 Å². The van der Waals surface area contributed by atoms with Gasteiger partial charge in [-0.15, -0.1) is 0 Å². The van der Waals surface area contributed by atoms with Crippen LogP contribution in [0.4, 0.5) is 11.4 Å². The molecule has 10 aromatic carbocycles. The number of fused-ring (bicyclic) bond motifs is 4. The third-order valence-corrected chi connectivity index (χ3v) is 13.3. The Morgan fingerprint density at radius 3 is 1.22 bits per heavy atom. The number of nitrogens with zero attached hydrogens (tertiary/aromatic N) is 1. The summed E-state index contributed by atoms with van der Waals surface area (Å²) in [5.74, 6) is 0.882. The van der Waals surface area contributed by atoms with Gasteiger partial charge in [-0.1, -0.05) is 188 Å². The fourth-order valence-electron chi connectivity index (χ4n) is 8.68. The summed E-state index contributed by atoms with van der Waals surface area (Å²) in [6.07, 6.45) is 4.56. The van der Waals surface area contributed by atoms with E-state index in [0.717, 1.165) is 22.7 Å². The minimum atomic E-state index is -2.08. The molecule has 0 aromatic heterocycles. The Hall–Kier alpha value is -6.81. The van der Waals surface area contributed by atoms with Crippen molar-refractivity contribution in [2.24, 2.45) is 0 Å². The van der Waals surface area contributed by atoms with Crippen molar-refractivity contribution in [2.45, 2.75) is 20.8 Å². The van der Waals surface area contributed by atoms with Crippen LogP contribution in [-0.2, 0) is 0 Å². The van der Waals surface area contributed by atoms with E-state index in [9.17, 15) is 0 Å². The minimum absolute atomic E-state index is 0.882. The molecule has 3 heteroatoms. The van der Waals surface area contributed by atoms with Crippen molar-refractivity contribution >= 4 is 65.0 Å². The molecule has 0 atom stereocenters. The van der Waals surface area contributed by atoms with Gasteiger partial charge in [-0.25, -0.2) is 0 Å². The van der Waals surface area contributed by atoms with E-state index in [1.807, 2.05) is 18.2 Å². The Kier molecular flexibility index (Phi) is 10.6. The van der Waals surface area contributed by atoms with Crippen LogP contribution >= 0.6 is 10.5 Å². The molecule has 0 spiro atoms. The molecular weight excluding hydrogens is 747 g/mol. The fourth-order valence-corrected chi connectivity index (χ4v) is 10.6. The van der Waals surface area contributed by atoms with Crippen LogP contribution < -0.4 is 8.49 Å². The van der Waals surface area contributed by atoms with Crippen LogP contribution in [0, 0.1) is 20.8 Å². The molecule has 2 nitrogen and oxygen atoms in total. The van der Waals surface area contributed by atoms with Gasteiger partial charge < -0.3 is 4.18 Å². The molecule has 60 heavy (non-hydrogen) atoms. The number of benzene rings is 10. The molecular formula is C57H49NOS. The van der Waals surface area contributed by atoms with Gasteiger partial charge in [0.05, 0.1) is 11.4 Å². The van der Waals surface area contributed by atoms with Crippen LogP contribution in [-0.4, -0.2) is 12.5 Å². The van der Waals surface area contributed by atoms with E-state index in [0.29, 0.717) is 0 Å². The Balaban J connectivity index is 0.000000602. The highest BCUT2D eigenvalue weighted by atomic mass is 32.3. The maximum Gasteiger partial charge on any atom is 0.145 e. The fraction of sp³-hybridized carbons (Fsp3) is 0.0877. The lowest BCUT2D eigenvalue weighted by atomic mass is 9.89. The Morgan fingerprint density at radius 2 is 0.733 bits per heavy atom. The smallest absolute Gasteiger partial charge is 0.145 e.